The molecule has 0 unspecified atom stereocenters. The van der Waals surface area contributed by atoms with Gasteiger partial charge in [0.15, 0.2) is 0 Å². The van der Waals surface area contributed by atoms with Crippen LogP contribution in [0.5, 0.6) is 0 Å². The number of rotatable bonds is 1. The summed E-state index contributed by atoms with van der Waals surface area (Å²) in [6.45, 7) is 4.79. The van der Waals surface area contributed by atoms with E-state index in [0.29, 0.717) is 0 Å². The molecule has 0 saturated heterocycles. The van der Waals surface area contributed by atoms with E-state index < -0.39 is 0 Å². The first kappa shape index (κ1) is 8.93. The summed E-state index contributed by atoms with van der Waals surface area (Å²) in [5.74, 6) is 0. The maximum atomic E-state index is 2.70. The summed E-state index contributed by atoms with van der Waals surface area (Å²) in [5, 5.41) is 2.33. The fraction of sp³-hybridized carbons (Fsp3) is 0.667. The first-order valence-corrected chi connectivity index (χ1v) is 6.52. The van der Waals surface area contributed by atoms with E-state index in [9.17, 15) is 0 Å². The molecule has 2 aliphatic rings. The van der Waals surface area contributed by atoms with Gasteiger partial charge in [-0.3, -0.25) is 4.90 Å². The van der Waals surface area contributed by atoms with Crippen LogP contribution in [0.2, 0.25) is 0 Å². The fourth-order valence-corrected chi connectivity index (χ4v) is 3.68. The van der Waals surface area contributed by atoms with Gasteiger partial charge in [0.05, 0.1) is 0 Å². The lowest BCUT2D eigenvalue weighted by Crippen LogP contribution is -2.42. The van der Waals surface area contributed by atoms with Crippen molar-refractivity contribution < 1.29 is 0 Å². The third-order valence-electron chi connectivity index (χ3n) is 3.78. The Morgan fingerprint density at radius 2 is 2.29 bits per heavy atom. The highest BCUT2D eigenvalue weighted by atomic mass is 32.1. The Morgan fingerprint density at radius 1 is 1.43 bits per heavy atom. The first-order chi connectivity index (χ1) is 6.84. The zero-order valence-electron chi connectivity index (χ0n) is 8.75. The van der Waals surface area contributed by atoms with E-state index >= 15 is 0 Å². The molecule has 0 atom stereocenters. The SMILES string of the molecule is Cc1csc2c1CCN(C1CCC1)C2. The van der Waals surface area contributed by atoms with Crippen LogP contribution < -0.4 is 0 Å². The van der Waals surface area contributed by atoms with Gasteiger partial charge in [0.2, 0.25) is 0 Å². The highest BCUT2D eigenvalue weighted by Crippen LogP contribution is 2.33. The van der Waals surface area contributed by atoms with Crippen molar-refractivity contribution in [3.05, 3.63) is 21.4 Å². The number of hydrogen-bond acceptors (Lipinski definition) is 2. The normalized spacial score (nSPS) is 23.2. The van der Waals surface area contributed by atoms with Crippen LogP contribution in [0.3, 0.4) is 0 Å². The Morgan fingerprint density at radius 3 is 3.00 bits per heavy atom. The number of nitrogens with zero attached hydrogens (tertiary/aromatic N) is 1. The standard InChI is InChI=1S/C12H17NS/c1-9-8-14-12-7-13(6-5-11(9)12)10-3-2-4-10/h8,10H,2-7H2,1H3. The molecular formula is C12H17NS. The van der Waals surface area contributed by atoms with Crippen LogP contribution in [0, 0.1) is 6.92 Å². The first-order valence-electron chi connectivity index (χ1n) is 5.64. The zero-order chi connectivity index (χ0) is 9.54. The van der Waals surface area contributed by atoms with Gasteiger partial charge in [0.1, 0.15) is 0 Å². The summed E-state index contributed by atoms with van der Waals surface area (Å²) < 4.78 is 0. The van der Waals surface area contributed by atoms with Gasteiger partial charge in [-0.1, -0.05) is 6.42 Å². The number of fused-ring (bicyclic) bond motifs is 1. The molecule has 3 rings (SSSR count). The van der Waals surface area contributed by atoms with Gasteiger partial charge >= 0.3 is 0 Å². The molecule has 1 nitrogen and oxygen atoms in total. The van der Waals surface area contributed by atoms with Crippen molar-refractivity contribution in [1.82, 2.24) is 4.90 Å². The number of aryl methyl sites for hydroxylation is 1. The maximum absolute atomic E-state index is 2.70. The van der Waals surface area contributed by atoms with Crippen molar-refractivity contribution in [2.45, 2.75) is 45.2 Å². The van der Waals surface area contributed by atoms with Crippen LogP contribution in [-0.4, -0.2) is 17.5 Å². The molecule has 0 aromatic carbocycles. The van der Waals surface area contributed by atoms with Crippen LogP contribution in [0.15, 0.2) is 5.38 Å². The van der Waals surface area contributed by atoms with E-state index in [-0.39, 0.29) is 0 Å². The van der Waals surface area contributed by atoms with Crippen molar-refractivity contribution >= 4 is 11.3 Å². The summed E-state index contributed by atoms with van der Waals surface area (Å²) in [7, 11) is 0. The molecule has 0 bridgehead atoms. The van der Waals surface area contributed by atoms with Crippen LogP contribution in [0.4, 0.5) is 0 Å². The third kappa shape index (κ3) is 1.32. The Balaban J connectivity index is 1.79. The molecule has 2 heteroatoms. The summed E-state index contributed by atoms with van der Waals surface area (Å²) in [6, 6.07) is 0.922. The van der Waals surface area contributed by atoms with Crippen molar-refractivity contribution in [3.63, 3.8) is 0 Å². The minimum atomic E-state index is 0.922. The minimum Gasteiger partial charge on any atom is -0.295 e. The molecule has 14 heavy (non-hydrogen) atoms. The molecule has 0 N–H and O–H groups in total. The Kier molecular flexibility index (Phi) is 2.14. The second-order valence-corrected chi connectivity index (χ2v) is 5.59. The average molecular weight is 207 g/mol. The van der Waals surface area contributed by atoms with Gasteiger partial charge in [-0.15, -0.1) is 11.3 Å². The lowest BCUT2D eigenvalue weighted by Gasteiger charge is -2.39. The molecule has 1 saturated carbocycles. The summed E-state index contributed by atoms with van der Waals surface area (Å²) in [4.78, 5) is 4.34. The molecule has 76 valence electrons. The molecule has 0 amide bonds. The number of thiophene rings is 1. The van der Waals surface area contributed by atoms with E-state index in [2.05, 4.69) is 17.2 Å². The largest absolute Gasteiger partial charge is 0.295 e. The zero-order valence-corrected chi connectivity index (χ0v) is 9.57. The molecule has 0 spiro atoms. The lowest BCUT2D eigenvalue weighted by atomic mass is 9.90. The predicted octanol–water partition coefficient (Wildman–Crippen LogP) is 2.97. The van der Waals surface area contributed by atoms with Crippen LogP contribution in [0.25, 0.3) is 0 Å². The van der Waals surface area contributed by atoms with E-state index in [1.807, 2.05) is 11.3 Å². The minimum absolute atomic E-state index is 0.922. The van der Waals surface area contributed by atoms with Crippen molar-refractivity contribution in [2.24, 2.45) is 0 Å². The molecule has 1 aliphatic heterocycles. The molecule has 0 radical (unpaired) electrons. The molecular weight excluding hydrogens is 190 g/mol. The monoisotopic (exact) mass is 207 g/mol. The topological polar surface area (TPSA) is 3.24 Å². The molecule has 1 aromatic rings. The van der Waals surface area contributed by atoms with E-state index in [0.717, 1.165) is 6.04 Å². The highest BCUT2D eigenvalue weighted by molar-refractivity contribution is 7.10. The van der Waals surface area contributed by atoms with E-state index in [1.165, 1.54) is 44.3 Å². The number of hydrogen-bond donors (Lipinski definition) is 0. The summed E-state index contributed by atoms with van der Waals surface area (Å²) in [6.07, 6.45) is 5.64. The van der Waals surface area contributed by atoms with Gasteiger partial charge in [-0.2, -0.15) is 0 Å². The van der Waals surface area contributed by atoms with Gasteiger partial charge < -0.3 is 0 Å². The summed E-state index contributed by atoms with van der Waals surface area (Å²) >= 11 is 1.97. The maximum Gasteiger partial charge on any atom is 0.0333 e. The second-order valence-electron chi connectivity index (χ2n) is 4.63. The van der Waals surface area contributed by atoms with Crippen LogP contribution >= 0.6 is 11.3 Å². The summed E-state index contributed by atoms with van der Waals surface area (Å²) in [5.41, 5.74) is 3.18. The highest BCUT2D eigenvalue weighted by Gasteiger charge is 2.28. The Bertz CT molecular complexity index is 338. The van der Waals surface area contributed by atoms with Gasteiger partial charge in [0.25, 0.3) is 0 Å². The Labute approximate surface area is 89.7 Å². The fourth-order valence-electron chi connectivity index (χ4n) is 2.57. The third-order valence-corrected chi connectivity index (χ3v) is 4.91. The van der Waals surface area contributed by atoms with Gasteiger partial charge in [0, 0.05) is 24.0 Å². The van der Waals surface area contributed by atoms with Crippen molar-refractivity contribution in [3.8, 4) is 0 Å². The molecule has 1 aromatic heterocycles. The second kappa shape index (κ2) is 3.35. The van der Waals surface area contributed by atoms with Crippen LogP contribution in [-0.2, 0) is 13.0 Å². The lowest BCUT2D eigenvalue weighted by molar-refractivity contribution is 0.115. The van der Waals surface area contributed by atoms with Gasteiger partial charge in [-0.05, 0) is 42.7 Å². The predicted molar refractivity (Wildman–Crippen MR) is 60.8 cm³/mol. The molecule has 2 heterocycles. The smallest absolute Gasteiger partial charge is 0.0333 e. The Hall–Kier alpha value is -0.340. The average Bonchev–Trinajstić information content (AvgIpc) is 2.45. The van der Waals surface area contributed by atoms with Crippen molar-refractivity contribution in [1.29, 1.82) is 0 Å². The van der Waals surface area contributed by atoms with E-state index in [4.69, 9.17) is 0 Å². The molecule has 1 aliphatic carbocycles. The van der Waals surface area contributed by atoms with Gasteiger partial charge in [-0.25, -0.2) is 0 Å². The van der Waals surface area contributed by atoms with E-state index in [1.54, 1.807) is 10.4 Å². The molecule has 1 fully saturated rings. The quantitative estimate of drug-likeness (QED) is 0.684. The van der Waals surface area contributed by atoms with Crippen LogP contribution in [0.1, 0.15) is 35.3 Å². The van der Waals surface area contributed by atoms with Crippen molar-refractivity contribution in [2.75, 3.05) is 6.54 Å².